The first kappa shape index (κ1) is 19.2. The highest BCUT2D eigenvalue weighted by Gasteiger charge is 2.24. The summed E-state index contributed by atoms with van der Waals surface area (Å²) < 4.78 is 6.20. The molecule has 2 N–H and O–H groups in total. The fourth-order valence-electron chi connectivity index (χ4n) is 2.10. The van der Waals surface area contributed by atoms with Crippen LogP contribution >= 0.6 is 11.8 Å². The Bertz CT molecular complexity index is 852. The highest BCUT2D eigenvalue weighted by molar-refractivity contribution is 7.98. The number of benzene rings is 1. The number of aliphatic carboxylic acids is 1. The van der Waals surface area contributed by atoms with Crippen LogP contribution in [0.4, 0.5) is 5.69 Å². The van der Waals surface area contributed by atoms with E-state index in [1.54, 1.807) is 6.26 Å². The van der Waals surface area contributed by atoms with Crippen LogP contribution in [0.1, 0.15) is 16.1 Å². The van der Waals surface area contributed by atoms with Gasteiger partial charge in [0.2, 0.25) is 0 Å². The zero-order chi connectivity index (χ0) is 19.3. The first-order valence-electron chi connectivity index (χ1n) is 7.15. The summed E-state index contributed by atoms with van der Waals surface area (Å²) in [4.78, 5) is 34.2. The maximum atomic E-state index is 12.4. The van der Waals surface area contributed by atoms with Crippen molar-refractivity contribution in [3.8, 4) is 5.75 Å². The number of carbonyl (C=O) groups excluding carboxylic acids is 1. The highest BCUT2D eigenvalue weighted by atomic mass is 32.2. The molecule has 0 saturated carbocycles. The van der Waals surface area contributed by atoms with Crippen LogP contribution in [0, 0.1) is 10.1 Å². The molecule has 2 aromatic rings. The Morgan fingerprint density at radius 2 is 2.19 bits per heavy atom. The number of aromatic nitrogens is 3. The van der Waals surface area contributed by atoms with Crippen molar-refractivity contribution >= 4 is 29.3 Å². The van der Waals surface area contributed by atoms with Crippen LogP contribution in [0.3, 0.4) is 0 Å². The number of hydrogen-bond donors (Lipinski definition) is 2. The second-order valence-electron chi connectivity index (χ2n) is 4.97. The van der Waals surface area contributed by atoms with Gasteiger partial charge >= 0.3 is 5.97 Å². The van der Waals surface area contributed by atoms with Crippen molar-refractivity contribution in [2.45, 2.75) is 18.0 Å². The Morgan fingerprint density at radius 1 is 1.46 bits per heavy atom. The quantitative estimate of drug-likeness (QED) is 0.387. The molecule has 1 heterocycles. The number of rotatable bonds is 8. The molecule has 138 valence electrons. The highest BCUT2D eigenvalue weighted by Crippen LogP contribution is 2.34. The van der Waals surface area contributed by atoms with Crippen LogP contribution in [0.2, 0.25) is 0 Å². The maximum Gasteiger partial charge on any atom is 0.325 e. The van der Waals surface area contributed by atoms with E-state index in [1.807, 2.05) is 0 Å². The standard InChI is InChI=1S/C14H15N5O6S/c1-25-11-4-10(19(23)24)9(3-12(11)26-2)14(22)15-5-8-6-18(17-16-8)7-13(20)21/h3-4,6H,5,7H2,1-2H3,(H,15,22)(H,20,21). The molecule has 0 atom stereocenters. The first-order chi connectivity index (χ1) is 12.3. The summed E-state index contributed by atoms with van der Waals surface area (Å²) in [6.45, 7) is -0.418. The van der Waals surface area contributed by atoms with Gasteiger partial charge in [-0.2, -0.15) is 0 Å². The van der Waals surface area contributed by atoms with Crippen LogP contribution in [0.15, 0.2) is 23.2 Å². The Kier molecular flexibility index (Phi) is 6.11. The molecule has 0 aliphatic rings. The predicted octanol–water partition coefficient (Wildman–Crippen LogP) is 0.931. The lowest BCUT2D eigenvalue weighted by Gasteiger charge is -2.10. The van der Waals surface area contributed by atoms with E-state index >= 15 is 0 Å². The molecule has 0 aliphatic carbocycles. The monoisotopic (exact) mass is 381 g/mol. The molecule has 0 bridgehead atoms. The van der Waals surface area contributed by atoms with Gasteiger partial charge in [-0.1, -0.05) is 5.21 Å². The fraction of sp³-hybridized carbons (Fsp3) is 0.286. The smallest absolute Gasteiger partial charge is 0.325 e. The Labute approximate surface area is 151 Å². The number of ether oxygens (including phenoxy) is 1. The molecule has 0 radical (unpaired) electrons. The fourth-order valence-corrected chi connectivity index (χ4v) is 2.68. The van der Waals surface area contributed by atoms with E-state index in [0.717, 1.165) is 4.68 Å². The number of methoxy groups -OCH3 is 1. The summed E-state index contributed by atoms with van der Waals surface area (Å²) in [5.41, 5.74) is -0.175. The summed E-state index contributed by atoms with van der Waals surface area (Å²) in [6, 6.07) is 2.59. The molecule has 1 aromatic carbocycles. The van der Waals surface area contributed by atoms with Crippen LogP contribution in [-0.2, 0) is 17.9 Å². The van der Waals surface area contributed by atoms with Crippen molar-refractivity contribution in [2.75, 3.05) is 13.4 Å². The normalized spacial score (nSPS) is 10.4. The van der Waals surface area contributed by atoms with Gasteiger partial charge in [0.15, 0.2) is 0 Å². The van der Waals surface area contributed by atoms with Gasteiger partial charge in [-0.15, -0.1) is 16.9 Å². The van der Waals surface area contributed by atoms with Gasteiger partial charge in [0, 0.05) is 0 Å². The number of nitro groups is 1. The molecule has 1 aromatic heterocycles. The molecule has 26 heavy (non-hydrogen) atoms. The SMILES string of the molecule is COc1cc([N+](=O)[O-])c(C(=O)NCc2cn(CC(=O)O)nn2)cc1SC. The molecule has 12 heteroatoms. The topological polar surface area (TPSA) is 149 Å². The minimum absolute atomic E-state index is 0.0593. The van der Waals surface area contributed by atoms with Crippen LogP contribution < -0.4 is 10.1 Å². The second-order valence-corrected chi connectivity index (χ2v) is 5.81. The molecule has 11 nitrogen and oxygen atoms in total. The molecule has 0 spiro atoms. The van der Waals surface area contributed by atoms with Crippen molar-refractivity contribution in [3.63, 3.8) is 0 Å². The van der Waals surface area contributed by atoms with E-state index in [1.165, 1.54) is 37.2 Å². The zero-order valence-electron chi connectivity index (χ0n) is 13.8. The lowest BCUT2D eigenvalue weighted by molar-refractivity contribution is -0.385. The Balaban J connectivity index is 2.19. The summed E-state index contributed by atoms with van der Waals surface area (Å²) in [7, 11) is 1.39. The third kappa shape index (κ3) is 4.47. The van der Waals surface area contributed by atoms with Crippen molar-refractivity contribution < 1.29 is 24.4 Å². The van der Waals surface area contributed by atoms with E-state index in [0.29, 0.717) is 16.3 Å². The number of nitrogens with one attached hydrogen (secondary N) is 1. The number of carbonyl (C=O) groups is 2. The molecule has 0 aliphatic heterocycles. The molecule has 2 rings (SSSR count). The number of nitrogens with zero attached hydrogens (tertiary/aromatic N) is 4. The van der Waals surface area contributed by atoms with Crippen molar-refractivity contribution in [2.24, 2.45) is 0 Å². The average Bonchev–Trinajstić information content (AvgIpc) is 3.04. The molecular weight excluding hydrogens is 366 g/mol. The number of hydrogen-bond acceptors (Lipinski definition) is 8. The molecule has 1 amide bonds. The van der Waals surface area contributed by atoms with E-state index in [-0.39, 0.29) is 24.3 Å². The van der Waals surface area contributed by atoms with E-state index in [9.17, 15) is 19.7 Å². The third-order valence-corrected chi connectivity index (χ3v) is 4.02. The van der Waals surface area contributed by atoms with Gasteiger partial charge in [-0.05, 0) is 12.3 Å². The molecule has 0 fully saturated rings. The van der Waals surface area contributed by atoms with Crippen molar-refractivity contribution in [3.05, 3.63) is 39.7 Å². The number of carboxylic acid groups (broad SMARTS) is 1. The third-order valence-electron chi connectivity index (χ3n) is 3.26. The maximum absolute atomic E-state index is 12.4. The largest absolute Gasteiger partial charge is 0.495 e. The van der Waals surface area contributed by atoms with Crippen LogP contribution in [0.5, 0.6) is 5.75 Å². The van der Waals surface area contributed by atoms with E-state index < -0.39 is 16.8 Å². The second kappa shape index (κ2) is 8.29. The van der Waals surface area contributed by atoms with Gasteiger partial charge in [-0.3, -0.25) is 19.7 Å². The van der Waals surface area contributed by atoms with Gasteiger partial charge in [-0.25, -0.2) is 4.68 Å². The summed E-state index contributed by atoms with van der Waals surface area (Å²) in [5, 5.41) is 29.8. The number of thioether (sulfide) groups is 1. The Morgan fingerprint density at radius 3 is 2.77 bits per heavy atom. The lowest BCUT2D eigenvalue weighted by atomic mass is 10.1. The number of nitro benzene ring substituents is 1. The lowest BCUT2D eigenvalue weighted by Crippen LogP contribution is -2.24. The van der Waals surface area contributed by atoms with Gasteiger partial charge in [0.25, 0.3) is 11.6 Å². The number of carboxylic acids is 1. The van der Waals surface area contributed by atoms with Gasteiger partial charge in [0.1, 0.15) is 23.6 Å². The number of amides is 1. The Hall–Kier alpha value is -3.15. The van der Waals surface area contributed by atoms with E-state index in [4.69, 9.17) is 9.84 Å². The van der Waals surface area contributed by atoms with Crippen LogP contribution in [0.25, 0.3) is 0 Å². The summed E-state index contributed by atoms with van der Waals surface area (Å²) in [5.74, 6) is -1.44. The van der Waals surface area contributed by atoms with Crippen LogP contribution in [-0.4, -0.2) is 50.3 Å². The van der Waals surface area contributed by atoms with Crippen molar-refractivity contribution in [1.82, 2.24) is 20.3 Å². The van der Waals surface area contributed by atoms with Gasteiger partial charge in [0.05, 0.1) is 35.7 Å². The minimum atomic E-state index is -1.08. The zero-order valence-corrected chi connectivity index (χ0v) is 14.6. The summed E-state index contributed by atoms with van der Waals surface area (Å²) in [6.07, 6.45) is 3.12. The average molecular weight is 381 g/mol. The molecular formula is C14H15N5O6S. The minimum Gasteiger partial charge on any atom is -0.495 e. The summed E-state index contributed by atoms with van der Waals surface area (Å²) >= 11 is 1.29. The van der Waals surface area contributed by atoms with Crippen molar-refractivity contribution in [1.29, 1.82) is 0 Å². The molecule has 0 unspecified atom stereocenters. The predicted molar refractivity (Wildman–Crippen MR) is 90.3 cm³/mol. The molecule has 0 saturated heterocycles. The van der Waals surface area contributed by atoms with E-state index in [2.05, 4.69) is 15.6 Å². The van der Waals surface area contributed by atoms with Gasteiger partial charge < -0.3 is 15.2 Å². The first-order valence-corrected chi connectivity index (χ1v) is 8.37.